The minimum atomic E-state index is -0.265. The first kappa shape index (κ1) is 21.6. The van der Waals surface area contributed by atoms with E-state index in [9.17, 15) is 4.79 Å². The van der Waals surface area contributed by atoms with Crippen LogP contribution in [0.25, 0.3) is 22.4 Å². The number of carbonyl (C=O) groups is 1. The third-order valence-corrected chi connectivity index (χ3v) is 5.62. The molecule has 0 aliphatic carbocycles. The highest BCUT2D eigenvalue weighted by Gasteiger charge is 2.31. The average Bonchev–Trinajstić information content (AvgIpc) is 3.16. The van der Waals surface area contributed by atoms with Gasteiger partial charge in [0, 0.05) is 17.8 Å². The summed E-state index contributed by atoms with van der Waals surface area (Å²) < 4.78 is 7.89. The Hall–Kier alpha value is -3.59. The van der Waals surface area contributed by atoms with Crippen molar-refractivity contribution in [3.8, 4) is 22.4 Å². The van der Waals surface area contributed by atoms with Gasteiger partial charge >= 0.3 is 5.97 Å². The third kappa shape index (κ3) is 4.24. The smallest absolute Gasteiger partial charge is 0.340 e. The van der Waals surface area contributed by atoms with Crippen LogP contribution < -0.4 is 0 Å². The Morgan fingerprint density at radius 3 is 1.88 bits per heavy atom. The van der Waals surface area contributed by atoms with E-state index in [1.54, 1.807) is 0 Å². The van der Waals surface area contributed by atoms with E-state index in [2.05, 4.69) is 66.9 Å². The van der Waals surface area contributed by atoms with Crippen molar-refractivity contribution in [1.29, 1.82) is 0 Å². The van der Waals surface area contributed by atoms with Crippen LogP contribution >= 0.6 is 0 Å². The second kappa shape index (κ2) is 9.69. The standard InChI is InChI=1S/C29H29NO2/c1-4-32-29(31)26-25(23-16-10-6-11-17-23)28(24-18-12-7-13-19-24)30(27(26)21(2)3)20-22-14-8-5-9-15-22/h5-19,21H,4,20H2,1-3H3. The summed E-state index contributed by atoms with van der Waals surface area (Å²) in [6.07, 6.45) is 0. The maximum Gasteiger partial charge on any atom is 0.340 e. The molecule has 0 radical (unpaired) electrons. The highest BCUT2D eigenvalue weighted by atomic mass is 16.5. The number of hydrogen-bond acceptors (Lipinski definition) is 2. The zero-order chi connectivity index (χ0) is 22.5. The van der Waals surface area contributed by atoms with Gasteiger partial charge in [0.15, 0.2) is 0 Å². The van der Waals surface area contributed by atoms with Gasteiger partial charge in [0.25, 0.3) is 0 Å². The summed E-state index contributed by atoms with van der Waals surface area (Å²) in [5.41, 5.74) is 6.95. The normalized spacial score (nSPS) is 11.0. The van der Waals surface area contributed by atoms with Crippen molar-refractivity contribution in [2.24, 2.45) is 0 Å². The fraction of sp³-hybridized carbons (Fsp3) is 0.207. The van der Waals surface area contributed by atoms with Gasteiger partial charge in [0.1, 0.15) is 0 Å². The van der Waals surface area contributed by atoms with Gasteiger partial charge in [-0.05, 0) is 29.5 Å². The molecule has 1 aromatic heterocycles. The number of hydrogen-bond donors (Lipinski definition) is 0. The molecule has 32 heavy (non-hydrogen) atoms. The molecule has 162 valence electrons. The molecular weight excluding hydrogens is 394 g/mol. The fourth-order valence-corrected chi connectivity index (χ4v) is 4.36. The molecule has 3 heteroatoms. The molecule has 0 saturated heterocycles. The van der Waals surface area contributed by atoms with E-state index in [0.717, 1.165) is 28.1 Å². The van der Waals surface area contributed by atoms with Gasteiger partial charge in [0.05, 0.1) is 17.9 Å². The Bertz CT molecular complexity index is 1180. The average molecular weight is 424 g/mol. The van der Waals surface area contributed by atoms with Crippen LogP contribution in [0.5, 0.6) is 0 Å². The van der Waals surface area contributed by atoms with Crippen molar-refractivity contribution in [3.63, 3.8) is 0 Å². The van der Waals surface area contributed by atoms with Crippen LogP contribution in [0, 0.1) is 0 Å². The summed E-state index contributed by atoms with van der Waals surface area (Å²) in [5.74, 6) is -0.128. The Morgan fingerprint density at radius 2 is 1.34 bits per heavy atom. The minimum Gasteiger partial charge on any atom is -0.462 e. The number of esters is 1. The molecule has 4 rings (SSSR count). The first-order valence-electron chi connectivity index (χ1n) is 11.2. The molecular formula is C29H29NO2. The lowest BCUT2D eigenvalue weighted by molar-refractivity contribution is 0.0525. The minimum absolute atomic E-state index is 0.137. The fourth-order valence-electron chi connectivity index (χ4n) is 4.36. The molecule has 1 heterocycles. The predicted molar refractivity (Wildman–Crippen MR) is 131 cm³/mol. The molecule has 0 atom stereocenters. The first-order chi connectivity index (χ1) is 15.6. The van der Waals surface area contributed by atoms with Gasteiger partial charge in [-0.2, -0.15) is 0 Å². The number of benzene rings is 3. The van der Waals surface area contributed by atoms with Crippen molar-refractivity contribution in [2.75, 3.05) is 6.61 Å². The summed E-state index contributed by atoms with van der Waals surface area (Å²) in [4.78, 5) is 13.4. The lowest BCUT2D eigenvalue weighted by Gasteiger charge is -2.17. The molecule has 0 N–H and O–H groups in total. The molecule has 3 aromatic carbocycles. The number of ether oxygens (including phenoxy) is 1. The maximum atomic E-state index is 13.4. The Morgan fingerprint density at radius 1 is 0.812 bits per heavy atom. The molecule has 0 fully saturated rings. The van der Waals surface area contributed by atoms with Crippen LogP contribution in [0.15, 0.2) is 91.0 Å². The highest BCUT2D eigenvalue weighted by molar-refractivity contribution is 6.04. The van der Waals surface area contributed by atoms with Gasteiger partial charge in [-0.25, -0.2) is 4.79 Å². The van der Waals surface area contributed by atoms with Gasteiger partial charge in [-0.1, -0.05) is 105 Å². The molecule has 0 amide bonds. The van der Waals surface area contributed by atoms with E-state index in [-0.39, 0.29) is 11.9 Å². The zero-order valence-corrected chi connectivity index (χ0v) is 18.9. The van der Waals surface area contributed by atoms with Gasteiger partial charge < -0.3 is 9.30 Å². The van der Waals surface area contributed by atoms with E-state index in [4.69, 9.17) is 4.74 Å². The summed E-state index contributed by atoms with van der Waals surface area (Å²) in [5, 5.41) is 0. The lowest BCUT2D eigenvalue weighted by Crippen LogP contribution is -2.12. The molecule has 0 aliphatic rings. The van der Waals surface area contributed by atoms with Crippen LogP contribution in [0.3, 0.4) is 0 Å². The van der Waals surface area contributed by atoms with Crippen molar-refractivity contribution in [1.82, 2.24) is 4.57 Å². The molecule has 0 saturated carbocycles. The quantitative estimate of drug-likeness (QED) is 0.295. The van der Waals surface area contributed by atoms with Crippen molar-refractivity contribution in [3.05, 3.63) is 108 Å². The van der Waals surface area contributed by atoms with E-state index in [0.29, 0.717) is 18.7 Å². The van der Waals surface area contributed by atoms with E-state index in [1.807, 2.05) is 49.4 Å². The van der Waals surface area contributed by atoms with E-state index in [1.165, 1.54) is 5.56 Å². The first-order valence-corrected chi connectivity index (χ1v) is 11.2. The zero-order valence-electron chi connectivity index (χ0n) is 18.9. The SMILES string of the molecule is CCOC(=O)c1c(-c2ccccc2)c(-c2ccccc2)n(Cc2ccccc2)c1C(C)C. The molecule has 0 unspecified atom stereocenters. The number of nitrogens with zero attached hydrogens (tertiary/aromatic N) is 1. The van der Waals surface area contributed by atoms with Crippen LogP contribution in [0.2, 0.25) is 0 Å². The summed E-state index contributed by atoms with van der Waals surface area (Å²) in [6, 6.07) is 30.9. The maximum absolute atomic E-state index is 13.4. The van der Waals surface area contributed by atoms with Crippen molar-refractivity contribution < 1.29 is 9.53 Å². The number of carbonyl (C=O) groups excluding carboxylic acids is 1. The van der Waals surface area contributed by atoms with Crippen molar-refractivity contribution >= 4 is 5.97 Å². The lowest BCUT2D eigenvalue weighted by atomic mass is 9.95. The summed E-state index contributed by atoms with van der Waals surface area (Å²) in [7, 11) is 0. The Kier molecular flexibility index (Phi) is 6.55. The number of aromatic nitrogens is 1. The van der Waals surface area contributed by atoms with E-state index < -0.39 is 0 Å². The summed E-state index contributed by atoms with van der Waals surface area (Å²) in [6.45, 7) is 7.16. The van der Waals surface area contributed by atoms with Gasteiger partial charge in [-0.3, -0.25) is 0 Å². The van der Waals surface area contributed by atoms with Gasteiger partial charge in [0.2, 0.25) is 0 Å². The van der Waals surface area contributed by atoms with Crippen LogP contribution in [0.1, 0.15) is 48.3 Å². The Labute approximate surface area is 190 Å². The summed E-state index contributed by atoms with van der Waals surface area (Å²) >= 11 is 0. The van der Waals surface area contributed by atoms with Crippen LogP contribution in [0.4, 0.5) is 0 Å². The molecule has 0 spiro atoms. The number of rotatable bonds is 7. The second-order valence-corrected chi connectivity index (χ2v) is 8.16. The van der Waals surface area contributed by atoms with Gasteiger partial charge in [-0.15, -0.1) is 0 Å². The molecule has 0 aliphatic heterocycles. The topological polar surface area (TPSA) is 31.2 Å². The molecule has 3 nitrogen and oxygen atoms in total. The molecule has 0 bridgehead atoms. The van der Waals surface area contributed by atoms with Crippen molar-refractivity contribution in [2.45, 2.75) is 33.2 Å². The highest BCUT2D eigenvalue weighted by Crippen LogP contribution is 2.42. The third-order valence-electron chi connectivity index (χ3n) is 5.62. The monoisotopic (exact) mass is 423 g/mol. The Balaban J connectivity index is 2.10. The second-order valence-electron chi connectivity index (χ2n) is 8.16. The largest absolute Gasteiger partial charge is 0.462 e. The predicted octanol–water partition coefficient (Wildman–Crippen LogP) is 7.17. The molecule has 4 aromatic rings. The van der Waals surface area contributed by atoms with Crippen LogP contribution in [-0.2, 0) is 11.3 Å². The van der Waals surface area contributed by atoms with E-state index >= 15 is 0 Å². The van der Waals surface area contributed by atoms with Crippen LogP contribution in [-0.4, -0.2) is 17.1 Å².